The summed E-state index contributed by atoms with van der Waals surface area (Å²) in [5.41, 5.74) is 5.43. The second kappa shape index (κ2) is 3.91. The summed E-state index contributed by atoms with van der Waals surface area (Å²) in [6.45, 7) is 1.79. The summed E-state index contributed by atoms with van der Waals surface area (Å²) >= 11 is 0. The summed E-state index contributed by atoms with van der Waals surface area (Å²) in [5, 5.41) is 0. The lowest BCUT2D eigenvalue weighted by molar-refractivity contribution is -0.139. The van der Waals surface area contributed by atoms with E-state index in [4.69, 9.17) is 5.73 Å². The van der Waals surface area contributed by atoms with Gasteiger partial charge in [0.2, 0.25) is 0 Å². The molecule has 0 aromatic rings. The molecule has 0 amide bonds. The first kappa shape index (κ1) is 7.97. The van der Waals surface area contributed by atoms with Gasteiger partial charge in [-0.2, -0.15) is 5.90 Å². The van der Waals surface area contributed by atoms with Crippen molar-refractivity contribution in [2.75, 3.05) is 0 Å². The Morgan fingerprint density at radius 3 is 2.44 bits per heavy atom. The fourth-order valence-corrected chi connectivity index (χ4v) is 0.406. The predicted octanol–water partition coefficient (Wildman–Crippen LogP) is -0.344. The molecule has 0 radical (unpaired) electrons. The van der Waals surface area contributed by atoms with E-state index in [-0.39, 0.29) is 0 Å². The van der Waals surface area contributed by atoms with Gasteiger partial charge in [0.25, 0.3) is 0 Å². The van der Waals surface area contributed by atoms with Crippen LogP contribution in [0.4, 0.5) is 0 Å². The van der Waals surface area contributed by atoms with Gasteiger partial charge in [-0.1, -0.05) is 6.92 Å². The Hall–Kier alpha value is -1.03. The van der Waals surface area contributed by atoms with E-state index in [0.717, 1.165) is 0 Å². The summed E-state index contributed by atoms with van der Waals surface area (Å²) in [6, 6.07) is 0. The first-order valence-corrected chi connectivity index (χ1v) is 2.58. The fourth-order valence-electron chi connectivity index (χ4n) is 0.406. The fraction of sp³-hybridized carbons (Fsp3) is 0.400. The van der Waals surface area contributed by atoms with E-state index in [1.54, 1.807) is 6.92 Å². The standard InChI is InChI=1S/C5H10N2O2/c1-2-4(3-6)5(8)9-7/h3H,2,6-7H2,1H3. The van der Waals surface area contributed by atoms with Crippen LogP contribution in [0.15, 0.2) is 11.8 Å². The van der Waals surface area contributed by atoms with Crippen molar-refractivity contribution in [3.8, 4) is 0 Å². The monoisotopic (exact) mass is 130 g/mol. The van der Waals surface area contributed by atoms with E-state index in [1.807, 2.05) is 0 Å². The second-order valence-electron chi connectivity index (χ2n) is 1.45. The topological polar surface area (TPSA) is 78.3 Å². The molecule has 0 atom stereocenters. The highest BCUT2D eigenvalue weighted by atomic mass is 16.7. The molecule has 0 rings (SSSR count). The van der Waals surface area contributed by atoms with Crippen LogP contribution in [0.5, 0.6) is 0 Å². The molecule has 52 valence electrons. The van der Waals surface area contributed by atoms with Crippen molar-refractivity contribution >= 4 is 5.97 Å². The molecule has 4 nitrogen and oxygen atoms in total. The van der Waals surface area contributed by atoms with Gasteiger partial charge in [0.15, 0.2) is 0 Å². The van der Waals surface area contributed by atoms with Crippen LogP contribution < -0.4 is 11.6 Å². The van der Waals surface area contributed by atoms with Crippen LogP contribution in [0.2, 0.25) is 0 Å². The smallest absolute Gasteiger partial charge is 0.353 e. The Bertz CT molecular complexity index is 131. The number of rotatable bonds is 2. The molecule has 0 aromatic carbocycles. The summed E-state index contributed by atoms with van der Waals surface area (Å²) in [7, 11) is 0. The third-order valence-corrected chi connectivity index (χ3v) is 0.951. The highest BCUT2D eigenvalue weighted by Crippen LogP contribution is 1.98. The van der Waals surface area contributed by atoms with E-state index in [9.17, 15) is 4.79 Å². The van der Waals surface area contributed by atoms with Crippen molar-refractivity contribution < 1.29 is 9.63 Å². The zero-order valence-corrected chi connectivity index (χ0v) is 5.26. The Morgan fingerprint density at radius 1 is 1.78 bits per heavy atom. The van der Waals surface area contributed by atoms with Crippen molar-refractivity contribution in [1.29, 1.82) is 0 Å². The molecule has 0 saturated carbocycles. The summed E-state index contributed by atoms with van der Waals surface area (Å²) in [6.07, 6.45) is 1.72. The Morgan fingerprint density at radius 2 is 2.33 bits per heavy atom. The first-order chi connectivity index (χ1) is 4.26. The van der Waals surface area contributed by atoms with Crippen LogP contribution in [0.1, 0.15) is 13.3 Å². The molecule has 0 unspecified atom stereocenters. The summed E-state index contributed by atoms with van der Waals surface area (Å²) < 4.78 is 0. The third kappa shape index (κ3) is 2.14. The molecule has 0 spiro atoms. The highest BCUT2D eigenvalue weighted by molar-refractivity contribution is 5.87. The SMILES string of the molecule is CCC(=CN)C(=O)ON. The maximum atomic E-state index is 10.5. The molecule has 0 aromatic heterocycles. The van der Waals surface area contributed by atoms with Crippen molar-refractivity contribution in [1.82, 2.24) is 0 Å². The minimum Gasteiger partial charge on any atom is -0.404 e. The lowest BCUT2D eigenvalue weighted by atomic mass is 10.2. The zero-order valence-electron chi connectivity index (χ0n) is 5.26. The molecule has 4 heteroatoms. The van der Waals surface area contributed by atoms with Crippen molar-refractivity contribution in [2.45, 2.75) is 13.3 Å². The molecule has 0 aliphatic heterocycles. The number of carbonyl (C=O) groups is 1. The highest BCUT2D eigenvalue weighted by Gasteiger charge is 2.04. The zero-order chi connectivity index (χ0) is 7.28. The van der Waals surface area contributed by atoms with Crippen LogP contribution in [0.3, 0.4) is 0 Å². The van der Waals surface area contributed by atoms with Crippen LogP contribution in [-0.2, 0) is 9.63 Å². The van der Waals surface area contributed by atoms with E-state index in [2.05, 4.69) is 10.7 Å². The Balaban J connectivity index is 3.97. The van der Waals surface area contributed by atoms with Gasteiger partial charge >= 0.3 is 5.97 Å². The Kier molecular flexibility index (Phi) is 3.46. The molecule has 4 N–H and O–H groups in total. The summed E-state index contributed by atoms with van der Waals surface area (Å²) in [4.78, 5) is 14.4. The molecule has 0 saturated heterocycles. The quantitative estimate of drug-likeness (QED) is 0.396. The number of hydrogen-bond donors (Lipinski definition) is 2. The van der Waals surface area contributed by atoms with Gasteiger partial charge in [0.1, 0.15) is 0 Å². The van der Waals surface area contributed by atoms with E-state index < -0.39 is 5.97 Å². The predicted molar refractivity (Wildman–Crippen MR) is 32.8 cm³/mol. The van der Waals surface area contributed by atoms with Crippen LogP contribution in [0, 0.1) is 0 Å². The lowest BCUT2D eigenvalue weighted by Crippen LogP contribution is -2.13. The molecular weight excluding hydrogens is 120 g/mol. The maximum Gasteiger partial charge on any atom is 0.353 e. The van der Waals surface area contributed by atoms with Gasteiger partial charge in [-0.05, 0) is 6.42 Å². The molecule has 0 fully saturated rings. The van der Waals surface area contributed by atoms with E-state index in [1.165, 1.54) is 6.20 Å². The van der Waals surface area contributed by atoms with Crippen LogP contribution >= 0.6 is 0 Å². The maximum absolute atomic E-state index is 10.5. The van der Waals surface area contributed by atoms with Crippen molar-refractivity contribution in [3.05, 3.63) is 11.8 Å². The van der Waals surface area contributed by atoms with Gasteiger partial charge in [-0.3, -0.25) is 0 Å². The third-order valence-electron chi connectivity index (χ3n) is 0.951. The first-order valence-electron chi connectivity index (χ1n) is 2.58. The average molecular weight is 130 g/mol. The summed E-state index contributed by atoms with van der Waals surface area (Å²) in [5.74, 6) is 4.01. The number of hydrogen-bond acceptors (Lipinski definition) is 4. The largest absolute Gasteiger partial charge is 0.404 e. The second-order valence-corrected chi connectivity index (χ2v) is 1.45. The van der Waals surface area contributed by atoms with Gasteiger partial charge in [0.05, 0.1) is 5.57 Å². The number of carbonyl (C=O) groups excluding carboxylic acids is 1. The van der Waals surface area contributed by atoms with Crippen molar-refractivity contribution in [3.63, 3.8) is 0 Å². The molecule has 0 aliphatic rings. The Labute approximate surface area is 53.4 Å². The molecule has 0 aliphatic carbocycles. The van der Waals surface area contributed by atoms with Crippen LogP contribution in [0.25, 0.3) is 0 Å². The van der Waals surface area contributed by atoms with E-state index >= 15 is 0 Å². The lowest BCUT2D eigenvalue weighted by Gasteiger charge is -1.96. The molecule has 0 bridgehead atoms. The number of nitrogens with two attached hydrogens (primary N) is 2. The van der Waals surface area contributed by atoms with Gasteiger partial charge in [0, 0.05) is 6.20 Å². The normalized spacial score (nSPS) is 11.1. The average Bonchev–Trinajstić information content (AvgIpc) is 1.90. The van der Waals surface area contributed by atoms with Crippen LogP contribution in [-0.4, -0.2) is 5.97 Å². The minimum absolute atomic E-state index is 0.387. The molecule has 9 heavy (non-hydrogen) atoms. The van der Waals surface area contributed by atoms with Gasteiger partial charge < -0.3 is 10.6 Å². The van der Waals surface area contributed by atoms with E-state index in [0.29, 0.717) is 12.0 Å². The minimum atomic E-state index is -0.569. The van der Waals surface area contributed by atoms with Gasteiger partial charge in [-0.15, -0.1) is 0 Å². The van der Waals surface area contributed by atoms with Crippen molar-refractivity contribution in [2.24, 2.45) is 11.6 Å². The van der Waals surface area contributed by atoms with Gasteiger partial charge in [-0.25, -0.2) is 4.79 Å². The molecule has 0 heterocycles. The molecular formula is C5H10N2O2.